The second-order valence-electron chi connectivity index (χ2n) is 5.79. The van der Waals surface area contributed by atoms with Crippen molar-refractivity contribution in [1.29, 1.82) is 0 Å². The van der Waals surface area contributed by atoms with Gasteiger partial charge in [0.1, 0.15) is 5.82 Å². The zero-order chi connectivity index (χ0) is 16.4. The summed E-state index contributed by atoms with van der Waals surface area (Å²) in [5.74, 6) is 1.22. The average Bonchev–Trinajstić information content (AvgIpc) is 3.27. The summed E-state index contributed by atoms with van der Waals surface area (Å²) in [5, 5.41) is 8.35. The predicted octanol–water partition coefficient (Wildman–Crippen LogP) is 4.56. The molecule has 0 atom stereocenters. The normalized spacial score (nSPS) is 14.4. The Morgan fingerprint density at radius 3 is 2.96 bits per heavy atom. The highest BCUT2D eigenvalue weighted by molar-refractivity contribution is 6.34. The van der Waals surface area contributed by atoms with Crippen molar-refractivity contribution < 1.29 is 4.79 Å². The molecule has 3 rings (SSSR count). The first-order valence-corrected chi connectivity index (χ1v) is 8.25. The van der Waals surface area contributed by atoms with Crippen molar-refractivity contribution in [2.45, 2.75) is 26.3 Å². The van der Waals surface area contributed by atoms with Gasteiger partial charge in [-0.2, -0.15) is 5.10 Å². The van der Waals surface area contributed by atoms with E-state index in [2.05, 4.69) is 10.4 Å². The summed E-state index contributed by atoms with van der Waals surface area (Å²) in [7, 11) is 0. The minimum Gasteiger partial charge on any atom is -0.307 e. The Morgan fingerprint density at radius 1 is 1.43 bits per heavy atom. The zero-order valence-corrected chi connectivity index (χ0v) is 14.2. The van der Waals surface area contributed by atoms with Gasteiger partial charge in [0.2, 0.25) is 5.91 Å². The molecule has 1 saturated carbocycles. The summed E-state index contributed by atoms with van der Waals surface area (Å²) in [6.45, 7) is 2.79. The van der Waals surface area contributed by atoms with E-state index in [-0.39, 0.29) is 5.91 Å². The summed E-state index contributed by atoms with van der Waals surface area (Å²) < 4.78 is 1.87. The number of carbonyl (C=O) groups is 1. The largest absolute Gasteiger partial charge is 0.307 e. The lowest BCUT2D eigenvalue weighted by molar-refractivity contribution is -0.111. The lowest BCUT2D eigenvalue weighted by Crippen LogP contribution is -2.14. The van der Waals surface area contributed by atoms with Crippen molar-refractivity contribution in [3.63, 3.8) is 0 Å². The molecule has 1 aromatic heterocycles. The summed E-state index contributed by atoms with van der Waals surface area (Å²) >= 11 is 12.0. The number of nitrogens with zero attached hydrogens (tertiary/aromatic N) is 2. The van der Waals surface area contributed by atoms with E-state index in [0.717, 1.165) is 17.9 Å². The van der Waals surface area contributed by atoms with Crippen molar-refractivity contribution in [3.8, 4) is 0 Å². The van der Waals surface area contributed by atoms with Crippen LogP contribution < -0.4 is 5.32 Å². The quantitative estimate of drug-likeness (QED) is 0.804. The van der Waals surface area contributed by atoms with Crippen molar-refractivity contribution in [3.05, 3.63) is 51.6 Å². The van der Waals surface area contributed by atoms with Crippen molar-refractivity contribution in [1.82, 2.24) is 9.78 Å². The van der Waals surface area contributed by atoms with Gasteiger partial charge in [0.25, 0.3) is 0 Å². The fraction of sp³-hybridized carbons (Fsp3) is 0.294. The van der Waals surface area contributed by atoms with Crippen molar-refractivity contribution in [2.24, 2.45) is 5.92 Å². The SMILES string of the molecule is Cc1cnn(CC2CC2)c1NC(=O)/C=C/c1cc(Cl)ccc1Cl. The lowest BCUT2D eigenvalue weighted by Gasteiger charge is -2.08. The van der Waals surface area contributed by atoms with E-state index >= 15 is 0 Å². The van der Waals surface area contributed by atoms with Crippen LogP contribution in [-0.2, 0) is 11.3 Å². The number of aryl methyl sites for hydroxylation is 1. The third-order valence-corrected chi connectivity index (χ3v) is 4.34. The van der Waals surface area contributed by atoms with Crippen molar-refractivity contribution in [2.75, 3.05) is 5.32 Å². The van der Waals surface area contributed by atoms with Gasteiger partial charge in [0.05, 0.1) is 6.20 Å². The molecule has 1 amide bonds. The molecule has 0 spiro atoms. The van der Waals surface area contributed by atoms with Gasteiger partial charge in [0, 0.05) is 28.2 Å². The van der Waals surface area contributed by atoms with E-state index in [4.69, 9.17) is 23.2 Å². The predicted molar refractivity (Wildman–Crippen MR) is 93.8 cm³/mol. The maximum atomic E-state index is 12.2. The molecule has 4 nitrogen and oxygen atoms in total. The molecule has 1 aromatic carbocycles. The zero-order valence-electron chi connectivity index (χ0n) is 12.7. The van der Waals surface area contributed by atoms with Crippen molar-refractivity contribution >= 4 is 41.0 Å². The first-order chi connectivity index (χ1) is 11.0. The van der Waals surface area contributed by atoms with Gasteiger partial charge in [-0.15, -0.1) is 0 Å². The topological polar surface area (TPSA) is 46.9 Å². The summed E-state index contributed by atoms with van der Waals surface area (Å²) in [6, 6.07) is 5.13. The van der Waals surface area contributed by atoms with Crippen LogP contribution in [0.5, 0.6) is 0 Å². The van der Waals surface area contributed by atoms with Crippen LogP contribution in [0.3, 0.4) is 0 Å². The van der Waals surface area contributed by atoms with Gasteiger partial charge in [-0.25, -0.2) is 4.68 Å². The lowest BCUT2D eigenvalue weighted by atomic mass is 10.2. The standard InChI is InChI=1S/C17H17Cl2N3O/c1-11-9-20-22(10-12-2-3-12)17(11)21-16(23)7-4-13-8-14(18)5-6-15(13)19/h4-9,12H,2-3,10H2,1H3,(H,21,23)/b7-4+. The number of carbonyl (C=O) groups excluding carboxylic acids is 1. The maximum Gasteiger partial charge on any atom is 0.249 e. The highest BCUT2D eigenvalue weighted by atomic mass is 35.5. The highest BCUT2D eigenvalue weighted by Gasteiger charge is 2.23. The molecule has 1 fully saturated rings. The number of nitrogens with one attached hydrogen (secondary N) is 1. The van der Waals surface area contributed by atoms with E-state index in [1.54, 1.807) is 30.5 Å². The van der Waals surface area contributed by atoms with Gasteiger partial charge in [-0.3, -0.25) is 4.79 Å². The van der Waals surface area contributed by atoms with Crippen LogP contribution in [0.1, 0.15) is 24.0 Å². The molecule has 0 bridgehead atoms. The minimum absolute atomic E-state index is 0.221. The molecule has 1 N–H and O–H groups in total. The van der Waals surface area contributed by atoms with E-state index in [1.807, 2.05) is 11.6 Å². The molecule has 23 heavy (non-hydrogen) atoms. The first-order valence-electron chi connectivity index (χ1n) is 7.49. The second kappa shape index (κ2) is 6.77. The molecule has 0 saturated heterocycles. The molecule has 0 radical (unpaired) electrons. The van der Waals surface area contributed by atoms with Crippen LogP contribution in [-0.4, -0.2) is 15.7 Å². The number of amides is 1. The van der Waals surface area contributed by atoms with Gasteiger partial charge >= 0.3 is 0 Å². The van der Waals surface area contributed by atoms with E-state index in [9.17, 15) is 4.79 Å². The smallest absolute Gasteiger partial charge is 0.249 e. The second-order valence-corrected chi connectivity index (χ2v) is 6.63. The van der Waals surface area contributed by atoms with Crippen LogP contribution in [0.25, 0.3) is 6.08 Å². The Morgan fingerprint density at radius 2 is 2.22 bits per heavy atom. The summed E-state index contributed by atoms with van der Waals surface area (Å²) in [4.78, 5) is 12.2. The molecule has 120 valence electrons. The molecular weight excluding hydrogens is 333 g/mol. The van der Waals surface area contributed by atoms with Gasteiger partial charge < -0.3 is 5.32 Å². The molecule has 0 aliphatic heterocycles. The summed E-state index contributed by atoms with van der Waals surface area (Å²) in [6.07, 6.45) is 7.35. The molecule has 0 unspecified atom stereocenters. The third-order valence-electron chi connectivity index (χ3n) is 3.76. The van der Waals surface area contributed by atoms with Crippen LogP contribution in [0.15, 0.2) is 30.5 Å². The fourth-order valence-electron chi connectivity index (χ4n) is 2.29. The van der Waals surface area contributed by atoms with Gasteiger partial charge in [0.15, 0.2) is 0 Å². The summed E-state index contributed by atoms with van der Waals surface area (Å²) in [5.41, 5.74) is 1.66. The van der Waals surface area contributed by atoms with Crippen LogP contribution in [0.4, 0.5) is 5.82 Å². The van der Waals surface area contributed by atoms with E-state index < -0.39 is 0 Å². The van der Waals surface area contributed by atoms with E-state index in [0.29, 0.717) is 21.5 Å². The van der Waals surface area contributed by atoms with Crippen LogP contribution in [0.2, 0.25) is 10.0 Å². The molecule has 2 aromatic rings. The van der Waals surface area contributed by atoms with Crippen LogP contribution >= 0.6 is 23.2 Å². The minimum atomic E-state index is -0.221. The van der Waals surface area contributed by atoms with Gasteiger partial charge in [-0.05, 0) is 55.5 Å². The number of aromatic nitrogens is 2. The Balaban J connectivity index is 1.70. The number of benzene rings is 1. The van der Waals surface area contributed by atoms with Gasteiger partial charge in [-0.1, -0.05) is 23.2 Å². The van der Waals surface area contributed by atoms with E-state index in [1.165, 1.54) is 18.9 Å². The van der Waals surface area contributed by atoms with Crippen LogP contribution in [0, 0.1) is 12.8 Å². The molecular formula is C17H17Cl2N3O. The number of halogens is 2. The maximum absolute atomic E-state index is 12.2. The number of rotatable bonds is 5. The molecule has 1 heterocycles. The Hall–Kier alpha value is -1.78. The Bertz CT molecular complexity index is 763. The average molecular weight is 350 g/mol. The molecule has 1 aliphatic carbocycles. The first kappa shape index (κ1) is 16.1. The number of hydrogen-bond donors (Lipinski definition) is 1. The fourth-order valence-corrected chi connectivity index (χ4v) is 2.65. The molecule has 1 aliphatic rings. The molecule has 6 heteroatoms. The number of anilines is 1. The monoisotopic (exact) mass is 349 g/mol. The Labute approximate surface area is 145 Å². The highest BCUT2D eigenvalue weighted by Crippen LogP contribution is 2.32. The third kappa shape index (κ3) is 4.15. The number of hydrogen-bond acceptors (Lipinski definition) is 2. The Kier molecular flexibility index (Phi) is 4.74.